The molecule has 0 unspecified atom stereocenters. The summed E-state index contributed by atoms with van der Waals surface area (Å²) in [6, 6.07) is 8.41. The van der Waals surface area contributed by atoms with Gasteiger partial charge in [-0.25, -0.2) is 0 Å². The molecule has 0 spiro atoms. The SMILES string of the molecule is Cc1ccc([CH+]C=C2C=CC(=N)C=C2)cc1. The van der Waals surface area contributed by atoms with Crippen molar-refractivity contribution in [1.82, 2.24) is 0 Å². The molecule has 78 valence electrons. The first-order chi connectivity index (χ1) is 7.74. The van der Waals surface area contributed by atoms with E-state index in [9.17, 15) is 0 Å². The Labute approximate surface area is 96.3 Å². The van der Waals surface area contributed by atoms with Gasteiger partial charge in [-0.2, -0.15) is 0 Å². The number of hydrogen-bond donors (Lipinski definition) is 1. The van der Waals surface area contributed by atoms with Crippen molar-refractivity contribution in [3.8, 4) is 0 Å². The Bertz CT molecular complexity index is 455. The minimum atomic E-state index is 0.549. The van der Waals surface area contributed by atoms with E-state index in [1.807, 2.05) is 12.2 Å². The van der Waals surface area contributed by atoms with Crippen molar-refractivity contribution < 1.29 is 0 Å². The van der Waals surface area contributed by atoms with E-state index in [-0.39, 0.29) is 0 Å². The Morgan fingerprint density at radius 1 is 1.00 bits per heavy atom. The number of nitrogens with one attached hydrogen (secondary N) is 1. The van der Waals surface area contributed by atoms with E-state index in [2.05, 4.69) is 43.7 Å². The summed E-state index contributed by atoms with van der Waals surface area (Å²) in [5, 5.41) is 7.39. The first-order valence-corrected chi connectivity index (χ1v) is 5.30. The molecular formula is C15H14N+. The van der Waals surface area contributed by atoms with Crippen molar-refractivity contribution in [3.05, 3.63) is 77.8 Å². The number of hydrogen-bond acceptors (Lipinski definition) is 1. The summed E-state index contributed by atoms with van der Waals surface area (Å²) in [4.78, 5) is 0. The summed E-state index contributed by atoms with van der Waals surface area (Å²) < 4.78 is 0. The molecule has 0 amide bonds. The average Bonchev–Trinajstić information content (AvgIpc) is 2.30. The van der Waals surface area contributed by atoms with Crippen molar-refractivity contribution in [1.29, 1.82) is 5.41 Å². The summed E-state index contributed by atoms with van der Waals surface area (Å²) in [7, 11) is 0. The molecule has 1 aliphatic carbocycles. The Kier molecular flexibility index (Phi) is 3.06. The lowest BCUT2D eigenvalue weighted by atomic mass is 10.0. The highest BCUT2D eigenvalue weighted by Crippen LogP contribution is 2.11. The molecule has 0 aliphatic heterocycles. The van der Waals surface area contributed by atoms with Crippen molar-refractivity contribution in [2.24, 2.45) is 0 Å². The van der Waals surface area contributed by atoms with E-state index < -0.39 is 0 Å². The lowest BCUT2D eigenvalue weighted by Crippen LogP contribution is -1.90. The van der Waals surface area contributed by atoms with Crippen molar-refractivity contribution in [3.63, 3.8) is 0 Å². The quantitative estimate of drug-likeness (QED) is 0.718. The lowest BCUT2D eigenvalue weighted by Gasteiger charge is -1.96. The van der Waals surface area contributed by atoms with Gasteiger partial charge in [0.05, 0.1) is 11.3 Å². The molecule has 16 heavy (non-hydrogen) atoms. The summed E-state index contributed by atoms with van der Waals surface area (Å²) in [5.74, 6) is 0. The van der Waals surface area contributed by atoms with Crippen molar-refractivity contribution >= 4 is 5.71 Å². The van der Waals surface area contributed by atoms with Crippen LogP contribution in [0.4, 0.5) is 0 Å². The molecule has 0 bridgehead atoms. The van der Waals surface area contributed by atoms with Crippen LogP contribution in [0, 0.1) is 18.8 Å². The number of aryl methyl sites for hydroxylation is 1. The van der Waals surface area contributed by atoms with Crippen molar-refractivity contribution in [2.75, 3.05) is 0 Å². The third kappa shape index (κ3) is 2.74. The predicted molar refractivity (Wildman–Crippen MR) is 68.7 cm³/mol. The second-order valence-electron chi connectivity index (χ2n) is 3.87. The van der Waals surface area contributed by atoms with E-state index in [1.54, 1.807) is 12.2 Å². The second kappa shape index (κ2) is 4.67. The smallest absolute Gasteiger partial charge is 0.0952 e. The first kappa shape index (κ1) is 10.5. The van der Waals surface area contributed by atoms with Gasteiger partial charge in [0.15, 0.2) is 0 Å². The summed E-state index contributed by atoms with van der Waals surface area (Å²) in [6.45, 7) is 2.08. The predicted octanol–water partition coefficient (Wildman–Crippen LogP) is 3.62. The van der Waals surface area contributed by atoms with Gasteiger partial charge >= 0.3 is 0 Å². The van der Waals surface area contributed by atoms with Crippen molar-refractivity contribution in [2.45, 2.75) is 6.92 Å². The van der Waals surface area contributed by atoms with Crippen LogP contribution in [-0.2, 0) is 0 Å². The standard InChI is InChI=1S/C15H14N/c1-12-2-4-13(5-3-12)6-7-14-8-10-15(16)11-9-14/h2-11,16H,1H3/q+1. The normalized spacial score (nSPS) is 14.1. The third-order valence-corrected chi connectivity index (χ3v) is 2.46. The Balaban J connectivity index is 2.04. The Morgan fingerprint density at radius 2 is 1.62 bits per heavy atom. The molecule has 0 saturated heterocycles. The fraction of sp³-hybridized carbons (Fsp3) is 0.0667. The minimum Gasteiger partial charge on any atom is -0.301 e. The molecule has 1 nitrogen and oxygen atoms in total. The van der Waals surface area contributed by atoms with E-state index in [4.69, 9.17) is 5.41 Å². The van der Waals surface area contributed by atoms with Gasteiger partial charge in [-0.05, 0) is 48.9 Å². The molecule has 1 aromatic rings. The maximum Gasteiger partial charge on any atom is 0.0952 e. The van der Waals surface area contributed by atoms with Gasteiger partial charge in [0.25, 0.3) is 0 Å². The molecule has 2 rings (SSSR count). The molecule has 0 radical (unpaired) electrons. The van der Waals surface area contributed by atoms with Crippen LogP contribution in [0.5, 0.6) is 0 Å². The van der Waals surface area contributed by atoms with Crippen LogP contribution in [0.3, 0.4) is 0 Å². The summed E-state index contributed by atoms with van der Waals surface area (Å²) in [5.41, 5.74) is 4.14. The first-order valence-electron chi connectivity index (χ1n) is 5.30. The van der Waals surface area contributed by atoms with Gasteiger partial charge in [-0.3, -0.25) is 0 Å². The molecule has 0 saturated carbocycles. The molecule has 1 aromatic carbocycles. The van der Waals surface area contributed by atoms with Crippen LogP contribution in [0.2, 0.25) is 0 Å². The van der Waals surface area contributed by atoms with Crippen LogP contribution in [0.1, 0.15) is 11.1 Å². The van der Waals surface area contributed by atoms with Gasteiger partial charge in [0.2, 0.25) is 0 Å². The van der Waals surface area contributed by atoms with Crippen LogP contribution >= 0.6 is 0 Å². The zero-order chi connectivity index (χ0) is 11.4. The fourth-order valence-corrected chi connectivity index (χ4v) is 1.46. The highest BCUT2D eigenvalue weighted by atomic mass is 14.4. The highest BCUT2D eigenvalue weighted by Gasteiger charge is 2.01. The van der Waals surface area contributed by atoms with Gasteiger partial charge in [-0.1, -0.05) is 0 Å². The van der Waals surface area contributed by atoms with Crippen LogP contribution in [0.15, 0.2) is 60.2 Å². The third-order valence-electron chi connectivity index (χ3n) is 2.46. The zero-order valence-electron chi connectivity index (χ0n) is 9.27. The van der Waals surface area contributed by atoms with Crippen LogP contribution in [-0.4, -0.2) is 5.71 Å². The van der Waals surface area contributed by atoms with Crippen LogP contribution < -0.4 is 0 Å². The van der Waals surface area contributed by atoms with E-state index >= 15 is 0 Å². The van der Waals surface area contributed by atoms with Gasteiger partial charge < -0.3 is 5.41 Å². The molecule has 0 aromatic heterocycles. The second-order valence-corrected chi connectivity index (χ2v) is 3.87. The Hall–Kier alpha value is -2.02. The van der Waals surface area contributed by atoms with Gasteiger partial charge in [0.1, 0.15) is 0 Å². The van der Waals surface area contributed by atoms with Gasteiger partial charge in [-0.15, -0.1) is 0 Å². The average molecular weight is 208 g/mol. The molecule has 1 heteroatoms. The summed E-state index contributed by atoms with van der Waals surface area (Å²) >= 11 is 0. The number of rotatable bonds is 2. The van der Waals surface area contributed by atoms with E-state index in [0.717, 1.165) is 5.57 Å². The molecule has 0 fully saturated rings. The maximum atomic E-state index is 7.39. The maximum absolute atomic E-state index is 7.39. The van der Waals surface area contributed by atoms with Gasteiger partial charge in [0, 0.05) is 30.2 Å². The monoisotopic (exact) mass is 208 g/mol. The molecule has 1 N–H and O–H groups in total. The van der Waals surface area contributed by atoms with E-state index in [0.29, 0.717) is 5.71 Å². The topological polar surface area (TPSA) is 23.9 Å². The largest absolute Gasteiger partial charge is 0.301 e. The fourth-order valence-electron chi connectivity index (χ4n) is 1.46. The Morgan fingerprint density at radius 3 is 2.25 bits per heavy atom. The molecule has 0 heterocycles. The molecular weight excluding hydrogens is 194 g/mol. The number of benzene rings is 1. The zero-order valence-corrected chi connectivity index (χ0v) is 9.27. The lowest BCUT2D eigenvalue weighted by molar-refractivity contribution is 1.42. The number of allylic oxidation sites excluding steroid dienone is 6. The van der Waals surface area contributed by atoms with E-state index in [1.165, 1.54) is 11.1 Å². The summed E-state index contributed by atoms with van der Waals surface area (Å²) in [6.07, 6.45) is 11.6. The minimum absolute atomic E-state index is 0.549. The molecule has 1 aliphatic rings. The van der Waals surface area contributed by atoms with Crippen LogP contribution in [0.25, 0.3) is 0 Å². The molecule has 0 atom stereocenters. The highest BCUT2D eigenvalue weighted by molar-refractivity contribution is 6.03.